The highest BCUT2D eigenvalue weighted by molar-refractivity contribution is 5.98. The average molecular weight is 262 g/mol. The molecule has 5 heteroatoms. The Hall–Kier alpha value is -2.04. The maximum absolute atomic E-state index is 12.0. The standard InChI is InChI=1S/C14H18N2O3/c1-3-9(2)15-14(18)10-4-5-12-11(8-10)16-13(17)6-7-19-12/h4-5,8-9H,3,6-7H2,1-2H3,(H,15,18)(H,16,17). The zero-order valence-electron chi connectivity index (χ0n) is 11.2. The van der Waals surface area contributed by atoms with E-state index in [0.717, 1.165) is 6.42 Å². The van der Waals surface area contributed by atoms with Crippen LogP contribution < -0.4 is 15.4 Å². The largest absolute Gasteiger partial charge is 0.491 e. The van der Waals surface area contributed by atoms with Gasteiger partial charge in [0.1, 0.15) is 5.75 Å². The van der Waals surface area contributed by atoms with Crippen LogP contribution in [0.2, 0.25) is 0 Å². The normalized spacial score (nSPS) is 15.6. The van der Waals surface area contributed by atoms with E-state index in [1.54, 1.807) is 18.2 Å². The first-order valence-electron chi connectivity index (χ1n) is 6.47. The van der Waals surface area contributed by atoms with Crippen molar-refractivity contribution in [2.24, 2.45) is 0 Å². The molecule has 1 atom stereocenters. The summed E-state index contributed by atoms with van der Waals surface area (Å²) in [6, 6.07) is 5.19. The van der Waals surface area contributed by atoms with Crippen LogP contribution in [0.3, 0.4) is 0 Å². The number of nitrogens with one attached hydrogen (secondary N) is 2. The van der Waals surface area contributed by atoms with E-state index < -0.39 is 0 Å². The van der Waals surface area contributed by atoms with Gasteiger partial charge in [0.05, 0.1) is 18.7 Å². The number of ether oxygens (including phenoxy) is 1. The zero-order chi connectivity index (χ0) is 13.8. The molecule has 1 heterocycles. The third-order valence-corrected chi connectivity index (χ3v) is 3.09. The lowest BCUT2D eigenvalue weighted by Crippen LogP contribution is -2.31. The monoisotopic (exact) mass is 262 g/mol. The molecule has 1 aliphatic heterocycles. The third kappa shape index (κ3) is 3.24. The minimum Gasteiger partial charge on any atom is -0.491 e. The summed E-state index contributed by atoms with van der Waals surface area (Å²) in [4.78, 5) is 23.5. The van der Waals surface area contributed by atoms with Crippen molar-refractivity contribution in [3.63, 3.8) is 0 Å². The first-order valence-corrected chi connectivity index (χ1v) is 6.47. The van der Waals surface area contributed by atoms with Crippen molar-refractivity contribution in [1.29, 1.82) is 0 Å². The number of fused-ring (bicyclic) bond motifs is 1. The Bertz CT molecular complexity index is 499. The number of hydrogen-bond acceptors (Lipinski definition) is 3. The summed E-state index contributed by atoms with van der Waals surface area (Å²) in [6.07, 6.45) is 1.19. The summed E-state index contributed by atoms with van der Waals surface area (Å²) in [5, 5.41) is 5.63. The van der Waals surface area contributed by atoms with E-state index in [0.29, 0.717) is 30.0 Å². The molecule has 1 aromatic rings. The minimum absolute atomic E-state index is 0.0989. The maximum Gasteiger partial charge on any atom is 0.251 e. The second kappa shape index (κ2) is 5.73. The van der Waals surface area contributed by atoms with Gasteiger partial charge in [-0.25, -0.2) is 0 Å². The molecule has 1 unspecified atom stereocenters. The molecule has 0 spiro atoms. The molecule has 0 aromatic heterocycles. The van der Waals surface area contributed by atoms with Crippen molar-refractivity contribution in [3.8, 4) is 5.75 Å². The number of rotatable bonds is 3. The summed E-state index contributed by atoms with van der Waals surface area (Å²) >= 11 is 0. The maximum atomic E-state index is 12.0. The Morgan fingerprint density at radius 2 is 2.32 bits per heavy atom. The molecule has 0 fully saturated rings. The van der Waals surface area contributed by atoms with Crippen molar-refractivity contribution < 1.29 is 14.3 Å². The van der Waals surface area contributed by atoms with Gasteiger partial charge in [0, 0.05) is 11.6 Å². The van der Waals surface area contributed by atoms with Crippen LogP contribution >= 0.6 is 0 Å². The molecule has 2 amide bonds. The van der Waals surface area contributed by atoms with E-state index >= 15 is 0 Å². The molecular weight excluding hydrogens is 244 g/mol. The molecule has 0 saturated heterocycles. The Morgan fingerprint density at radius 3 is 3.05 bits per heavy atom. The van der Waals surface area contributed by atoms with Crippen molar-refractivity contribution in [2.45, 2.75) is 32.7 Å². The van der Waals surface area contributed by atoms with Crippen LogP contribution in [0.1, 0.15) is 37.0 Å². The highest BCUT2D eigenvalue weighted by Crippen LogP contribution is 2.28. The van der Waals surface area contributed by atoms with Crippen LogP contribution in [0.5, 0.6) is 5.75 Å². The Labute approximate surface area is 112 Å². The van der Waals surface area contributed by atoms with Crippen LogP contribution in [-0.2, 0) is 4.79 Å². The van der Waals surface area contributed by atoms with Crippen molar-refractivity contribution >= 4 is 17.5 Å². The van der Waals surface area contributed by atoms with Crippen LogP contribution in [0.15, 0.2) is 18.2 Å². The van der Waals surface area contributed by atoms with Crippen LogP contribution in [-0.4, -0.2) is 24.5 Å². The smallest absolute Gasteiger partial charge is 0.251 e. The number of benzene rings is 1. The quantitative estimate of drug-likeness (QED) is 0.874. The predicted molar refractivity (Wildman–Crippen MR) is 72.4 cm³/mol. The summed E-state index contributed by atoms with van der Waals surface area (Å²) in [5.41, 5.74) is 1.07. The number of anilines is 1. The van der Waals surface area contributed by atoms with Crippen LogP contribution in [0.25, 0.3) is 0 Å². The molecule has 5 nitrogen and oxygen atoms in total. The number of amides is 2. The first kappa shape index (κ1) is 13.4. The topological polar surface area (TPSA) is 67.4 Å². The fourth-order valence-corrected chi connectivity index (χ4v) is 1.77. The van der Waals surface area contributed by atoms with Gasteiger partial charge < -0.3 is 15.4 Å². The molecule has 1 aromatic carbocycles. The third-order valence-electron chi connectivity index (χ3n) is 3.09. The summed E-state index contributed by atoms with van der Waals surface area (Å²) in [5.74, 6) is 0.361. The summed E-state index contributed by atoms with van der Waals surface area (Å²) in [7, 11) is 0. The zero-order valence-corrected chi connectivity index (χ0v) is 11.2. The van der Waals surface area contributed by atoms with E-state index in [9.17, 15) is 9.59 Å². The minimum atomic E-state index is -0.143. The molecule has 2 rings (SSSR count). The number of carbonyl (C=O) groups excluding carboxylic acids is 2. The number of hydrogen-bond donors (Lipinski definition) is 2. The van der Waals surface area contributed by atoms with Gasteiger partial charge >= 0.3 is 0 Å². The SMILES string of the molecule is CCC(C)NC(=O)c1ccc2c(c1)NC(=O)CCO2. The molecular formula is C14H18N2O3. The Morgan fingerprint density at radius 1 is 1.53 bits per heavy atom. The second-order valence-electron chi connectivity index (χ2n) is 4.64. The predicted octanol–water partition coefficient (Wildman–Crippen LogP) is 1.94. The molecule has 0 radical (unpaired) electrons. The van der Waals surface area contributed by atoms with Crippen LogP contribution in [0.4, 0.5) is 5.69 Å². The molecule has 102 valence electrons. The Balaban J connectivity index is 2.20. The van der Waals surface area contributed by atoms with Gasteiger partial charge in [-0.05, 0) is 31.5 Å². The fourth-order valence-electron chi connectivity index (χ4n) is 1.77. The van der Waals surface area contributed by atoms with Gasteiger partial charge in [-0.15, -0.1) is 0 Å². The molecule has 0 aliphatic carbocycles. The molecule has 1 aliphatic rings. The van der Waals surface area contributed by atoms with Crippen molar-refractivity contribution in [2.75, 3.05) is 11.9 Å². The molecule has 0 bridgehead atoms. The molecule has 19 heavy (non-hydrogen) atoms. The van der Waals surface area contributed by atoms with E-state index in [1.807, 2.05) is 13.8 Å². The first-order chi connectivity index (χ1) is 9.10. The lowest BCUT2D eigenvalue weighted by atomic mass is 10.1. The van der Waals surface area contributed by atoms with E-state index in [1.165, 1.54) is 0 Å². The van der Waals surface area contributed by atoms with E-state index in [2.05, 4.69) is 10.6 Å². The van der Waals surface area contributed by atoms with Gasteiger partial charge in [0.15, 0.2) is 0 Å². The molecule has 0 saturated carbocycles. The van der Waals surface area contributed by atoms with Gasteiger partial charge in [-0.2, -0.15) is 0 Å². The lowest BCUT2D eigenvalue weighted by molar-refractivity contribution is -0.116. The second-order valence-corrected chi connectivity index (χ2v) is 4.64. The lowest BCUT2D eigenvalue weighted by Gasteiger charge is -2.13. The number of carbonyl (C=O) groups is 2. The van der Waals surface area contributed by atoms with Crippen molar-refractivity contribution in [3.05, 3.63) is 23.8 Å². The highest BCUT2D eigenvalue weighted by Gasteiger charge is 2.16. The summed E-state index contributed by atoms with van der Waals surface area (Å²) < 4.78 is 5.44. The van der Waals surface area contributed by atoms with Crippen molar-refractivity contribution in [1.82, 2.24) is 5.32 Å². The van der Waals surface area contributed by atoms with E-state index in [-0.39, 0.29) is 17.9 Å². The average Bonchev–Trinajstić information content (AvgIpc) is 2.58. The fraction of sp³-hybridized carbons (Fsp3) is 0.429. The van der Waals surface area contributed by atoms with Gasteiger partial charge in [-0.3, -0.25) is 9.59 Å². The van der Waals surface area contributed by atoms with Gasteiger partial charge in [0.2, 0.25) is 5.91 Å². The van der Waals surface area contributed by atoms with E-state index in [4.69, 9.17) is 4.74 Å². The Kier molecular flexibility index (Phi) is 4.04. The molecule has 2 N–H and O–H groups in total. The summed E-state index contributed by atoms with van der Waals surface area (Å²) in [6.45, 7) is 4.32. The highest BCUT2D eigenvalue weighted by atomic mass is 16.5. The van der Waals surface area contributed by atoms with Gasteiger partial charge in [-0.1, -0.05) is 6.92 Å². The van der Waals surface area contributed by atoms with Crippen LogP contribution in [0, 0.1) is 0 Å². The van der Waals surface area contributed by atoms with Gasteiger partial charge in [0.25, 0.3) is 5.91 Å².